The molecule has 0 radical (unpaired) electrons. The van der Waals surface area contributed by atoms with E-state index in [0.29, 0.717) is 16.5 Å². The number of pyridine rings is 1. The zero-order valence-corrected chi connectivity index (χ0v) is 21.3. The van der Waals surface area contributed by atoms with Crippen molar-refractivity contribution < 1.29 is 32.6 Å². The van der Waals surface area contributed by atoms with E-state index in [1.165, 1.54) is 22.6 Å². The van der Waals surface area contributed by atoms with Crippen LogP contribution in [-0.4, -0.2) is 71.8 Å². The number of carbonyl (C=O) groups excluding carboxylic acids is 3. The molecule has 3 rings (SSSR count). The highest BCUT2D eigenvalue weighted by Gasteiger charge is 2.37. The average Bonchev–Trinajstić information content (AvgIpc) is 3.21. The van der Waals surface area contributed by atoms with Gasteiger partial charge in [-0.2, -0.15) is 0 Å². The number of nitrogens with zero attached hydrogens (tertiary/aromatic N) is 3. The van der Waals surface area contributed by atoms with Gasteiger partial charge in [-0.3, -0.25) is 14.0 Å². The number of alkyl halides is 2. The van der Waals surface area contributed by atoms with Gasteiger partial charge < -0.3 is 18.9 Å². The van der Waals surface area contributed by atoms with Crippen LogP contribution in [0.1, 0.15) is 46.5 Å². The molecule has 0 saturated carbocycles. The monoisotopic (exact) mass is 515 g/mol. The van der Waals surface area contributed by atoms with Gasteiger partial charge in [0.2, 0.25) is 5.88 Å². The smallest absolute Gasteiger partial charge is 0.381 e. The topological polar surface area (TPSA) is 90.7 Å². The Balaban J connectivity index is 1.84. The fraction of sp³-hybridized carbons (Fsp3) is 0.407. The zero-order chi connectivity index (χ0) is 27.2. The number of hydrogen-bond acceptors (Lipinski definition) is 6. The number of Topliss-reactive ketones (excluding diaryl/α,β-unsaturated/α-hetero) is 1. The molecule has 2 aromatic rings. The molecular weight excluding hydrogens is 484 g/mol. The second-order valence-electron chi connectivity index (χ2n) is 8.86. The van der Waals surface area contributed by atoms with Crippen molar-refractivity contribution in [2.24, 2.45) is 7.05 Å². The Morgan fingerprint density at radius 2 is 1.95 bits per heavy atom. The first-order valence-corrected chi connectivity index (χ1v) is 11.9. The van der Waals surface area contributed by atoms with Gasteiger partial charge in [-0.05, 0) is 30.9 Å². The molecule has 0 N–H and O–H groups in total. The molecule has 1 saturated heterocycles. The molecule has 2 aromatic heterocycles. The van der Waals surface area contributed by atoms with E-state index in [0.717, 1.165) is 7.11 Å². The second-order valence-corrected chi connectivity index (χ2v) is 8.86. The van der Waals surface area contributed by atoms with Crippen LogP contribution in [0, 0.1) is 0 Å². The largest absolute Gasteiger partial charge is 0.480 e. The fourth-order valence-corrected chi connectivity index (χ4v) is 4.46. The minimum Gasteiger partial charge on any atom is -0.480 e. The minimum absolute atomic E-state index is 0.0369. The zero-order valence-electron chi connectivity index (χ0n) is 21.3. The third kappa shape index (κ3) is 6.12. The predicted octanol–water partition coefficient (Wildman–Crippen LogP) is 4.30. The van der Waals surface area contributed by atoms with Gasteiger partial charge >= 0.3 is 5.97 Å². The van der Waals surface area contributed by atoms with Crippen LogP contribution < -0.4 is 4.74 Å². The normalized spacial score (nSPS) is 15.7. The molecular formula is C27H31F2N3O5. The standard InChI is InChI=1S/C27H31F2N3O5/c1-5-8-18(9-6-7-12-28)16-27(29)10-13-32(14-11-27)25(34)20-15-19-21(30-24(20)36-3)17-31(2)22(19)23(33)26(35)37-4/h5-6,8-9,15,17H,1,7,10-14,16H2,2-4H3/b9-6-,18-8+. The fourth-order valence-electron chi connectivity index (χ4n) is 4.46. The number of methoxy groups -OCH3 is 2. The summed E-state index contributed by atoms with van der Waals surface area (Å²) in [5, 5.41) is 0.304. The number of halogens is 2. The van der Waals surface area contributed by atoms with E-state index in [4.69, 9.17) is 4.74 Å². The molecule has 1 fully saturated rings. The van der Waals surface area contributed by atoms with Crippen molar-refractivity contribution in [3.63, 3.8) is 0 Å². The third-order valence-electron chi connectivity index (χ3n) is 6.36. The molecule has 198 valence electrons. The molecule has 0 aliphatic carbocycles. The lowest BCUT2D eigenvalue weighted by Crippen LogP contribution is -2.44. The van der Waals surface area contributed by atoms with Crippen molar-refractivity contribution in [1.29, 1.82) is 0 Å². The number of fused-ring (bicyclic) bond motifs is 1. The number of piperidine rings is 1. The number of ketones is 1. The number of rotatable bonds is 10. The summed E-state index contributed by atoms with van der Waals surface area (Å²) >= 11 is 0. The number of hydrogen-bond donors (Lipinski definition) is 0. The Hall–Kier alpha value is -3.82. The van der Waals surface area contributed by atoms with E-state index < -0.39 is 30.0 Å². The highest BCUT2D eigenvalue weighted by molar-refractivity contribution is 6.42. The molecule has 1 aliphatic rings. The summed E-state index contributed by atoms with van der Waals surface area (Å²) in [7, 11) is 4.07. The van der Waals surface area contributed by atoms with E-state index in [9.17, 15) is 18.8 Å². The van der Waals surface area contributed by atoms with Gasteiger partial charge in [0.15, 0.2) is 0 Å². The Morgan fingerprint density at radius 1 is 1.24 bits per heavy atom. The summed E-state index contributed by atoms with van der Waals surface area (Å²) in [4.78, 5) is 43.8. The van der Waals surface area contributed by atoms with Crippen molar-refractivity contribution in [1.82, 2.24) is 14.5 Å². The van der Waals surface area contributed by atoms with Crippen LogP contribution in [0.5, 0.6) is 5.88 Å². The Morgan fingerprint density at radius 3 is 2.54 bits per heavy atom. The summed E-state index contributed by atoms with van der Waals surface area (Å²) in [5.74, 6) is -2.26. The summed E-state index contributed by atoms with van der Waals surface area (Å²) in [6.07, 6.45) is 8.79. The maximum atomic E-state index is 15.7. The SMILES string of the molecule is C=C/C=C(\C=C/CCF)CC1(F)CCN(C(=O)c2cc3c(C(=O)C(=O)OC)n(C)cc3nc2OC)CC1. The van der Waals surface area contributed by atoms with Gasteiger partial charge in [0.05, 0.1) is 26.4 Å². The molecule has 0 bridgehead atoms. The number of aromatic nitrogens is 2. The van der Waals surface area contributed by atoms with E-state index in [-0.39, 0.29) is 55.9 Å². The summed E-state index contributed by atoms with van der Waals surface area (Å²) in [5.41, 5.74) is -0.319. The van der Waals surface area contributed by atoms with Crippen LogP contribution in [0.25, 0.3) is 10.9 Å². The number of allylic oxidation sites excluding steroid dienone is 5. The number of carbonyl (C=O) groups is 3. The van der Waals surface area contributed by atoms with E-state index in [2.05, 4.69) is 16.3 Å². The number of esters is 1. The van der Waals surface area contributed by atoms with Crippen LogP contribution in [0.15, 0.2) is 48.7 Å². The van der Waals surface area contributed by atoms with Crippen LogP contribution >= 0.6 is 0 Å². The van der Waals surface area contributed by atoms with Crippen molar-refractivity contribution >= 4 is 28.6 Å². The van der Waals surface area contributed by atoms with Gasteiger partial charge in [0.25, 0.3) is 11.7 Å². The molecule has 0 unspecified atom stereocenters. The highest BCUT2D eigenvalue weighted by atomic mass is 19.1. The lowest BCUT2D eigenvalue weighted by molar-refractivity contribution is -0.135. The predicted molar refractivity (Wildman–Crippen MR) is 135 cm³/mol. The minimum atomic E-state index is -1.53. The first-order valence-electron chi connectivity index (χ1n) is 11.9. The van der Waals surface area contributed by atoms with Crippen LogP contribution in [-0.2, 0) is 16.6 Å². The van der Waals surface area contributed by atoms with Crippen molar-refractivity contribution in [2.45, 2.75) is 31.4 Å². The summed E-state index contributed by atoms with van der Waals surface area (Å²) < 4.78 is 39.4. The number of ether oxygens (including phenoxy) is 2. The maximum Gasteiger partial charge on any atom is 0.381 e. The number of amides is 1. The third-order valence-corrected chi connectivity index (χ3v) is 6.36. The van der Waals surface area contributed by atoms with Crippen molar-refractivity contribution in [2.75, 3.05) is 34.0 Å². The maximum absolute atomic E-state index is 15.7. The lowest BCUT2D eigenvalue weighted by Gasteiger charge is -2.37. The molecule has 10 heteroatoms. The van der Waals surface area contributed by atoms with Gasteiger partial charge in [-0.1, -0.05) is 30.9 Å². The quantitative estimate of drug-likeness (QED) is 0.203. The van der Waals surface area contributed by atoms with Crippen LogP contribution in [0.3, 0.4) is 0 Å². The van der Waals surface area contributed by atoms with Crippen molar-refractivity contribution in [3.8, 4) is 5.88 Å². The second kappa shape index (κ2) is 11.9. The molecule has 0 spiro atoms. The van der Waals surface area contributed by atoms with Gasteiger partial charge in [0.1, 0.15) is 16.9 Å². The van der Waals surface area contributed by atoms with Gasteiger partial charge in [-0.25, -0.2) is 14.2 Å². The first-order chi connectivity index (χ1) is 17.7. The Bertz CT molecular complexity index is 1260. The molecule has 3 heterocycles. The Labute approximate surface area is 214 Å². The Kier molecular flexibility index (Phi) is 8.96. The molecule has 1 aliphatic heterocycles. The van der Waals surface area contributed by atoms with E-state index in [1.807, 2.05) is 0 Å². The summed E-state index contributed by atoms with van der Waals surface area (Å²) in [6.45, 7) is 3.50. The molecule has 0 aromatic carbocycles. The van der Waals surface area contributed by atoms with Crippen LogP contribution in [0.4, 0.5) is 8.78 Å². The van der Waals surface area contributed by atoms with Gasteiger partial charge in [-0.15, -0.1) is 0 Å². The van der Waals surface area contributed by atoms with E-state index >= 15 is 4.39 Å². The van der Waals surface area contributed by atoms with Crippen molar-refractivity contribution in [3.05, 3.63) is 60.0 Å². The molecule has 1 amide bonds. The average molecular weight is 516 g/mol. The molecule has 8 nitrogen and oxygen atoms in total. The first kappa shape index (κ1) is 27.8. The number of aryl methyl sites for hydroxylation is 1. The molecule has 37 heavy (non-hydrogen) atoms. The van der Waals surface area contributed by atoms with E-state index in [1.54, 1.807) is 37.5 Å². The van der Waals surface area contributed by atoms with Gasteiger partial charge in [0, 0.05) is 38.1 Å². The molecule has 0 atom stereocenters. The number of likely N-dealkylation sites (tertiary alicyclic amines) is 1. The lowest BCUT2D eigenvalue weighted by atomic mass is 9.86. The highest BCUT2D eigenvalue weighted by Crippen LogP contribution is 2.35. The van der Waals surface area contributed by atoms with Crippen LogP contribution in [0.2, 0.25) is 0 Å². The summed E-state index contributed by atoms with van der Waals surface area (Å²) in [6, 6.07) is 1.47.